The van der Waals surface area contributed by atoms with E-state index in [0.29, 0.717) is 19.8 Å². The van der Waals surface area contributed by atoms with Gasteiger partial charge < -0.3 is 25.0 Å². The molecular weight excluding hydrogens is 328 g/mol. The number of guanidine groups is 1. The highest BCUT2D eigenvalue weighted by molar-refractivity contribution is 5.79. The lowest BCUT2D eigenvalue weighted by molar-refractivity contribution is 0.0487. The summed E-state index contributed by atoms with van der Waals surface area (Å²) in [7, 11) is 0. The zero-order valence-electron chi connectivity index (χ0n) is 17.4. The standard InChI is InChI=1S/C20H42N4O2/c1-4-7-14-25-16-17-26-15-10-22-20(21-6-3)23-18-19-8-12-24(11-5-2)13-9-19/h19H,4-18H2,1-3H3,(H2,21,22,23). The van der Waals surface area contributed by atoms with Gasteiger partial charge in [-0.3, -0.25) is 4.99 Å². The number of ether oxygens (including phenoxy) is 2. The van der Waals surface area contributed by atoms with Crippen LogP contribution in [0.25, 0.3) is 0 Å². The van der Waals surface area contributed by atoms with E-state index in [9.17, 15) is 0 Å². The first-order valence-electron chi connectivity index (χ1n) is 10.7. The summed E-state index contributed by atoms with van der Waals surface area (Å²) in [6.07, 6.45) is 6.09. The van der Waals surface area contributed by atoms with Crippen molar-refractivity contribution in [3.05, 3.63) is 0 Å². The van der Waals surface area contributed by atoms with Crippen molar-refractivity contribution in [3.8, 4) is 0 Å². The minimum atomic E-state index is 0.662. The molecule has 1 aliphatic rings. The number of nitrogens with zero attached hydrogens (tertiary/aromatic N) is 2. The maximum Gasteiger partial charge on any atom is 0.191 e. The monoisotopic (exact) mass is 370 g/mol. The zero-order chi connectivity index (χ0) is 18.9. The number of likely N-dealkylation sites (tertiary alicyclic amines) is 1. The summed E-state index contributed by atoms with van der Waals surface area (Å²) < 4.78 is 11.1. The van der Waals surface area contributed by atoms with E-state index in [2.05, 4.69) is 36.3 Å². The molecule has 26 heavy (non-hydrogen) atoms. The fourth-order valence-electron chi connectivity index (χ4n) is 3.08. The largest absolute Gasteiger partial charge is 0.379 e. The van der Waals surface area contributed by atoms with Gasteiger partial charge in [0.1, 0.15) is 0 Å². The number of hydrogen-bond donors (Lipinski definition) is 2. The maximum absolute atomic E-state index is 5.60. The third-order valence-electron chi connectivity index (χ3n) is 4.65. The van der Waals surface area contributed by atoms with Gasteiger partial charge >= 0.3 is 0 Å². The number of nitrogens with one attached hydrogen (secondary N) is 2. The fraction of sp³-hybridized carbons (Fsp3) is 0.950. The number of piperidine rings is 1. The highest BCUT2D eigenvalue weighted by Gasteiger charge is 2.18. The van der Waals surface area contributed by atoms with Crippen LogP contribution >= 0.6 is 0 Å². The Kier molecular flexibility index (Phi) is 14.6. The van der Waals surface area contributed by atoms with E-state index in [1.807, 2.05) is 0 Å². The van der Waals surface area contributed by atoms with Crippen LogP contribution in [0.5, 0.6) is 0 Å². The van der Waals surface area contributed by atoms with Crippen molar-refractivity contribution >= 4 is 5.96 Å². The van der Waals surface area contributed by atoms with E-state index in [-0.39, 0.29) is 0 Å². The van der Waals surface area contributed by atoms with Crippen LogP contribution in [0, 0.1) is 5.92 Å². The van der Waals surface area contributed by atoms with E-state index in [1.54, 1.807) is 0 Å². The molecule has 1 heterocycles. The molecule has 0 aromatic carbocycles. The van der Waals surface area contributed by atoms with E-state index in [1.165, 1.54) is 45.3 Å². The van der Waals surface area contributed by atoms with Gasteiger partial charge in [-0.2, -0.15) is 0 Å². The number of unbranched alkanes of at least 4 members (excludes halogenated alkanes) is 1. The zero-order valence-corrected chi connectivity index (χ0v) is 17.4. The highest BCUT2D eigenvalue weighted by atomic mass is 16.5. The van der Waals surface area contributed by atoms with Crippen molar-refractivity contribution in [2.45, 2.75) is 52.9 Å². The first-order valence-corrected chi connectivity index (χ1v) is 10.7. The quantitative estimate of drug-likeness (QED) is 0.279. The Balaban J connectivity index is 2.11. The second kappa shape index (κ2) is 16.3. The molecule has 0 atom stereocenters. The van der Waals surface area contributed by atoms with Crippen molar-refractivity contribution in [1.29, 1.82) is 0 Å². The minimum Gasteiger partial charge on any atom is -0.379 e. The molecule has 0 saturated carbocycles. The molecule has 1 saturated heterocycles. The van der Waals surface area contributed by atoms with Gasteiger partial charge in [-0.1, -0.05) is 20.3 Å². The van der Waals surface area contributed by atoms with Crippen LogP contribution in [0.2, 0.25) is 0 Å². The summed E-state index contributed by atoms with van der Waals surface area (Å²) in [5, 5.41) is 6.69. The van der Waals surface area contributed by atoms with Crippen LogP contribution in [0.4, 0.5) is 0 Å². The van der Waals surface area contributed by atoms with Gasteiger partial charge in [0.05, 0.1) is 19.8 Å². The summed E-state index contributed by atoms with van der Waals surface area (Å²) in [5.74, 6) is 1.63. The van der Waals surface area contributed by atoms with Gasteiger partial charge in [-0.15, -0.1) is 0 Å². The molecule has 0 bridgehead atoms. The van der Waals surface area contributed by atoms with Crippen LogP contribution < -0.4 is 10.6 Å². The van der Waals surface area contributed by atoms with Crippen molar-refractivity contribution in [2.75, 3.05) is 65.7 Å². The molecule has 0 spiro atoms. The molecule has 0 aromatic heterocycles. The van der Waals surface area contributed by atoms with Gasteiger partial charge in [0, 0.05) is 26.2 Å². The van der Waals surface area contributed by atoms with Crippen LogP contribution in [-0.4, -0.2) is 76.6 Å². The topological polar surface area (TPSA) is 58.1 Å². The lowest BCUT2D eigenvalue weighted by Gasteiger charge is -2.31. The fourth-order valence-corrected chi connectivity index (χ4v) is 3.08. The van der Waals surface area contributed by atoms with Crippen molar-refractivity contribution in [3.63, 3.8) is 0 Å². The van der Waals surface area contributed by atoms with Crippen LogP contribution in [-0.2, 0) is 9.47 Å². The predicted octanol–water partition coefficient (Wildman–Crippen LogP) is 2.50. The van der Waals surface area contributed by atoms with E-state index in [4.69, 9.17) is 14.5 Å². The van der Waals surface area contributed by atoms with E-state index < -0.39 is 0 Å². The van der Waals surface area contributed by atoms with Crippen LogP contribution in [0.3, 0.4) is 0 Å². The van der Waals surface area contributed by atoms with Gasteiger partial charge in [0.25, 0.3) is 0 Å². The second-order valence-corrected chi connectivity index (χ2v) is 7.01. The van der Waals surface area contributed by atoms with Gasteiger partial charge in [0.2, 0.25) is 0 Å². The summed E-state index contributed by atoms with van der Waals surface area (Å²) in [5.41, 5.74) is 0. The molecule has 1 rings (SSSR count). The molecule has 0 aliphatic carbocycles. The second-order valence-electron chi connectivity index (χ2n) is 7.01. The molecule has 1 aliphatic heterocycles. The molecule has 0 aromatic rings. The molecule has 0 radical (unpaired) electrons. The molecule has 0 unspecified atom stereocenters. The molecule has 1 fully saturated rings. The van der Waals surface area contributed by atoms with Crippen LogP contribution in [0.15, 0.2) is 4.99 Å². The van der Waals surface area contributed by atoms with Gasteiger partial charge in [0.15, 0.2) is 5.96 Å². The lowest BCUT2D eigenvalue weighted by atomic mass is 9.97. The number of hydrogen-bond acceptors (Lipinski definition) is 4. The lowest BCUT2D eigenvalue weighted by Crippen LogP contribution is -2.40. The van der Waals surface area contributed by atoms with Crippen molar-refractivity contribution < 1.29 is 9.47 Å². The maximum atomic E-state index is 5.60. The first kappa shape index (κ1) is 23.2. The van der Waals surface area contributed by atoms with Crippen LogP contribution in [0.1, 0.15) is 52.9 Å². The van der Waals surface area contributed by atoms with E-state index >= 15 is 0 Å². The Bertz CT molecular complexity index is 345. The molecular formula is C20H42N4O2. The third-order valence-corrected chi connectivity index (χ3v) is 4.65. The normalized spacial score (nSPS) is 16.8. The smallest absolute Gasteiger partial charge is 0.191 e. The SMILES string of the molecule is CCCCOCCOCCNC(=NCC1CCN(CCC)CC1)NCC. The molecule has 0 amide bonds. The average Bonchev–Trinajstić information content (AvgIpc) is 2.66. The molecule has 154 valence electrons. The summed E-state index contributed by atoms with van der Waals surface area (Å²) in [6, 6.07) is 0. The molecule has 6 heteroatoms. The molecule has 2 N–H and O–H groups in total. The number of aliphatic imine (C=N–C) groups is 1. The van der Waals surface area contributed by atoms with Crippen molar-refractivity contribution in [2.24, 2.45) is 10.9 Å². The minimum absolute atomic E-state index is 0.662. The Morgan fingerprint density at radius 3 is 2.35 bits per heavy atom. The number of rotatable bonds is 14. The Morgan fingerprint density at radius 1 is 0.962 bits per heavy atom. The first-order chi connectivity index (χ1) is 12.8. The Hall–Kier alpha value is -0.850. The predicted molar refractivity (Wildman–Crippen MR) is 110 cm³/mol. The Morgan fingerprint density at radius 2 is 1.69 bits per heavy atom. The summed E-state index contributed by atoms with van der Waals surface area (Å²) in [4.78, 5) is 7.35. The summed E-state index contributed by atoms with van der Waals surface area (Å²) >= 11 is 0. The Labute approximate surface area is 161 Å². The van der Waals surface area contributed by atoms with E-state index in [0.717, 1.165) is 44.5 Å². The van der Waals surface area contributed by atoms with Gasteiger partial charge in [-0.05, 0) is 58.2 Å². The van der Waals surface area contributed by atoms with Crippen molar-refractivity contribution in [1.82, 2.24) is 15.5 Å². The molecule has 6 nitrogen and oxygen atoms in total. The highest BCUT2D eigenvalue weighted by Crippen LogP contribution is 2.17. The third kappa shape index (κ3) is 11.7. The average molecular weight is 371 g/mol. The van der Waals surface area contributed by atoms with Gasteiger partial charge in [-0.25, -0.2) is 0 Å². The summed E-state index contributed by atoms with van der Waals surface area (Å²) in [6.45, 7) is 15.7.